The van der Waals surface area contributed by atoms with E-state index >= 15 is 0 Å². The van der Waals surface area contributed by atoms with E-state index in [1.165, 1.54) is 26.3 Å². The molecule has 0 radical (unpaired) electrons. The fourth-order valence-corrected chi connectivity index (χ4v) is 4.51. The number of rotatable bonds is 14. The van der Waals surface area contributed by atoms with Crippen molar-refractivity contribution in [2.24, 2.45) is 11.8 Å². The number of para-hydroxylation sites is 1. The first kappa shape index (κ1) is 30.3. The van der Waals surface area contributed by atoms with Gasteiger partial charge in [-0.05, 0) is 37.5 Å². The monoisotopic (exact) mass is 547 g/mol. The van der Waals surface area contributed by atoms with Gasteiger partial charge in [0, 0.05) is 31.5 Å². The minimum Gasteiger partial charge on any atom is -0.493 e. The summed E-state index contributed by atoms with van der Waals surface area (Å²) < 4.78 is 22.7. The van der Waals surface area contributed by atoms with Gasteiger partial charge in [0.2, 0.25) is 5.75 Å². The van der Waals surface area contributed by atoms with E-state index in [2.05, 4.69) is 4.98 Å². The number of ketones is 1. The van der Waals surface area contributed by atoms with Crippen LogP contribution in [-0.2, 0) is 20.7 Å². The highest BCUT2D eigenvalue weighted by Gasteiger charge is 2.32. The molecule has 0 unspecified atom stereocenters. The molecule has 212 valence electrons. The van der Waals surface area contributed by atoms with Gasteiger partial charge in [-0.15, -0.1) is 0 Å². The molecule has 0 spiro atoms. The zero-order valence-corrected chi connectivity index (χ0v) is 23.7. The maximum absolute atomic E-state index is 13.2. The van der Waals surface area contributed by atoms with Gasteiger partial charge in [-0.25, -0.2) is 4.98 Å². The van der Waals surface area contributed by atoms with Crippen LogP contribution in [-0.4, -0.2) is 42.0 Å². The third-order valence-corrected chi connectivity index (χ3v) is 6.62. The Kier molecular flexibility index (Phi) is 11.2. The summed E-state index contributed by atoms with van der Waals surface area (Å²) in [6.45, 7) is 6.75. The molecular formula is C32H37NO7. The van der Waals surface area contributed by atoms with E-state index in [1.54, 1.807) is 6.92 Å². The van der Waals surface area contributed by atoms with Crippen molar-refractivity contribution in [1.29, 1.82) is 0 Å². The Hall–Kier alpha value is -4.20. The van der Waals surface area contributed by atoms with Crippen molar-refractivity contribution in [3.8, 4) is 17.2 Å². The lowest BCUT2D eigenvalue weighted by atomic mass is 9.88. The maximum Gasteiger partial charge on any atom is 0.309 e. The summed E-state index contributed by atoms with van der Waals surface area (Å²) in [5.74, 6) is -1.62. The van der Waals surface area contributed by atoms with Gasteiger partial charge in [0.25, 0.3) is 0 Å². The first-order valence-electron chi connectivity index (χ1n) is 13.4. The first-order valence-corrected chi connectivity index (χ1v) is 13.4. The molecule has 0 saturated heterocycles. The lowest BCUT2D eigenvalue weighted by molar-refractivity contribution is -0.157. The summed E-state index contributed by atoms with van der Waals surface area (Å²) in [5.41, 5.74) is 1.03. The Morgan fingerprint density at radius 2 is 1.57 bits per heavy atom. The number of esters is 2. The lowest BCUT2D eigenvalue weighted by Crippen LogP contribution is -2.39. The predicted octanol–water partition coefficient (Wildman–Crippen LogP) is 5.87. The van der Waals surface area contributed by atoms with Gasteiger partial charge in [-0.3, -0.25) is 14.4 Å². The molecule has 0 aliphatic rings. The molecule has 8 nitrogen and oxygen atoms in total. The average Bonchev–Trinajstić information content (AvgIpc) is 2.95. The number of pyridine rings is 1. The van der Waals surface area contributed by atoms with Gasteiger partial charge < -0.3 is 18.9 Å². The smallest absolute Gasteiger partial charge is 0.309 e. The summed E-state index contributed by atoms with van der Waals surface area (Å²) in [6.07, 6.45) is 1.85. The van der Waals surface area contributed by atoms with E-state index in [4.69, 9.17) is 18.9 Å². The summed E-state index contributed by atoms with van der Waals surface area (Å²) in [6, 6.07) is 21.1. The fraction of sp³-hybridized carbons (Fsp3) is 0.375. The van der Waals surface area contributed by atoms with Gasteiger partial charge >= 0.3 is 11.9 Å². The van der Waals surface area contributed by atoms with Crippen molar-refractivity contribution >= 4 is 17.7 Å². The van der Waals surface area contributed by atoms with Gasteiger partial charge in [-0.1, -0.05) is 62.4 Å². The minimum atomic E-state index is -0.763. The molecular weight excluding hydrogens is 510 g/mol. The van der Waals surface area contributed by atoms with Crippen LogP contribution in [0.4, 0.5) is 0 Å². The van der Waals surface area contributed by atoms with Crippen LogP contribution in [0.5, 0.6) is 17.2 Å². The zero-order valence-electron chi connectivity index (χ0n) is 23.7. The van der Waals surface area contributed by atoms with Crippen molar-refractivity contribution in [3.63, 3.8) is 0 Å². The minimum absolute atomic E-state index is 0.0665. The summed E-state index contributed by atoms with van der Waals surface area (Å²) in [7, 11) is 1.40. The number of ether oxygens (including phenoxy) is 4. The molecule has 8 heteroatoms. The molecule has 0 aliphatic heterocycles. The second kappa shape index (κ2) is 14.8. The number of hydrogen-bond acceptors (Lipinski definition) is 8. The number of methoxy groups -OCH3 is 1. The van der Waals surface area contributed by atoms with Crippen LogP contribution in [0.1, 0.15) is 56.6 Å². The number of hydrogen-bond donors (Lipinski definition) is 0. The number of aromatic nitrogens is 1. The highest BCUT2D eigenvalue weighted by atomic mass is 16.6. The molecule has 4 atom stereocenters. The van der Waals surface area contributed by atoms with E-state index in [1.807, 2.05) is 74.5 Å². The van der Waals surface area contributed by atoms with Crippen molar-refractivity contribution in [2.75, 3.05) is 7.11 Å². The standard InChI is InChI=1S/C32H37NO7/c1-6-28(40-25-15-11-8-12-16-25)26(20-24-13-9-7-10-14-24)22(3)38-32(36)21(2)19-27(35)30-31(39-23(4)34)29(37-5)17-18-33-30/h7-18,21-22,26,28H,6,19-20H2,1-5H3/t21-,22+,26+,28+/m1/s1. The summed E-state index contributed by atoms with van der Waals surface area (Å²) >= 11 is 0. The van der Waals surface area contributed by atoms with E-state index in [0.717, 1.165) is 11.3 Å². The van der Waals surface area contributed by atoms with E-state index in [9.17, 15) is 14.4 Å². The fourth-order valence-electron chi connectivity index (χ4n) is 4.51. The quantitative estimate of drug-likeness (QED) is 0.182. The third kappa shape index (κ3) is 8.40. The summed E-state index contributed by atoms with van der Waals surface area (Å²) in [4.78, 5) is 42.0. The van der Waals surface area contributed by atoms with Crippen molar-refractivity contribution in [2.45, 2.75) is 59.2 Å². The van der Waals surface area contributed by atoms with Crippen LogP contribution in [0, 0.1) is 11.8 Å². The van der Waals surface area contributed by atoms with Crippen molar-refractivity contribution in [3.05, 3.63) is 84.2 Å². The lowest BCUT2D eigenvalue weighted by Gasteiger charge is -2.32. The molecule has 3 aromatic rings. The molecule has 0 saturated carbocycles. The van der Waals surface area contributed by atoms with Crippen LogP contribution >= 0.6 is 0 Å². The Morgan fingerprint density at radius 1 is 0.925 bits per heavy atom. The number of Topliss-reactive ketones (excluding diaryl/α,β-unsaturated/α-hetero) is 1. The van der Waals surface area contributed by atoms with E-state index in [0.29, 0.717) is 12.8 Å². The Morgan fingerprint density at radius 3 is 2.17 bits per heavy atom. The zero-order chi connectivity index (χ0) is 29.1. The molecule has 0 N–H and O–H groups in total. The number of benzene rings is 2. The predicted molar refractivity (Wildman–Crippen MR) is 151 cm³/mol. The number of nitrogens with zero attached hydrogens (tertiary/aromatic N) is 1. The average molecular weight is 548 g/mol. The second-order valence-corrected chi connectivity index (χ2v) is 9.69. The molecule has 1 heterocycles. The molecule has 0 amide bonds. The molecule has 0 bridgehead atoms. The van der Waals surface area contributed by atoms with Gasteiger partial charge in [0.1, 0.15) is 18.0 Å². The molecule has 0 aliphatic carbocycles. The molecule has 0 fully saturated rings. The summed E-state index contributed by atoms with van der Waals surface area (Å²) in [5, 5.41) is 0. The SMILES string of the molecule is CC[C@H](Oc1ccccc1)[C@@H](Cc1ccccc1)[C@H](C)OC(=O)[C@H](C)CC(=O)c1nccc(OC)c1OC(C)=O. The first-order chi connectivity index (χ1) is 19.2. The molecule has 40 heavy (non-hydrogen) atoms. The van der Waals surface area contributed by atoms with Gasteiger partial charge in [-0.2, -0.15) is 0 Å². The van der Waals surface area contributed by atoms with Crippen LogP contribution in [0.25, 0.3) is 0 Å². The van der Waals surface area contributed by atoms with Gasteiger partial charge in [0.05, 0.1) is 13.0 Å². The largest absolute Gasteiger partial charge is 0.493 e. The van der Waals surface area contributed by atoms with Crippen LogP contribution in [0.3, 0.4) is 0 Å². The Bertz CT molecular complexity index is 1260. The number of carbonyl (C=O) groups excluding carboxylic acids is 3. The normalized spacial score (nSPS) is 13.8. The topological polar surface area (TPSA) is 101 Å². The van der Waals surface area contributed by atoms with E-state index < -0.39 is 29.7 Å². The van der Waals surface area contributed by atoms with Crippen LogP contribution in [0.15, 0.2) is 72.9 Å². The Labute approximate surface area is 235 Å². The molecule has 1 aromatic heterocycles. The number of carbonyl (C=O) groups is 3. The second-order valence-electron chi connectivity index (χ2n) is 9.69. The highest BCUT2D eigenvalue weighted by molar-refractivity contribution is 5.99. The Balaban J connectivity index is 1.75. The van der Waals surface area contributed by atoms with E-state index in [-0.39, 0.29) is 35.6 Å². The molecule has 2 aromatic carbocycles. The highest BCUT2D eigenvalue weighted by Crippen LogP contribution is 2.31. The van der Waals surface area contributed by atoms with Crippen LogP contribution < -0.4 is 14.2 Å². The third-order valence-electron chi connectivity index (χ3n) is 6.62. The van der Waals surface area contributed by atoms with Gasteiger partial charge in [0.15, 0.2) is 17.2 Å². The van der Waals surface area contributed by atoms with Crippen LogP contribution in [0.2, 0.25) is 0 Å². The maximum atomic E-state index is 13.2. The van der Waals surface area contributed by atoms with Crippen molar-refractivity contribution in [1.82, 2.24) is 4.98 Å². The van der Waals surface area contributed by atoms with Crippen molar-refractivity contribution < 1.29 is 33.3 Å². The molecule has 3 rings (SSSR count).